The summed E-state index contributed by atoms with van der Waals surface area (Å²) in [7, 11) is 0. The van der Waals surface area contributed by atoms with Crippen molar-refractivity contribution >= 4 is 5.71 Å². The molecule has 1 aromatic rings. The molecule has 2 rings (SSSR count). The van der Waals surface area contributed by atoms with Gasteiger partial charge >= 0.3 is 0 Å². The number of hydrogen-bond donors (Lipinski definition) is 1. The van der Waals surface area contributed by atoms with Crippen molar-refractivity contribution in [2.75, 3.05) is 6.61 Å². The molecule has 1 N–H and O–H groups in total. The molecule has 0 amide bonds. The summed E-state index contributed by atoms with van der Waals surface area (Å²) < 4.78 is 19.1. The predicted molar refractivity (Wildman–Crippen MR) is 70.9 cm³/mol. The van der Waals surface area contributed by atoms with E-state index < -0.39 is 0 Å². The van der Waals surface area contributed by atoms with Crippen LogP contribution in [0.4, 0.5) is 4.39 Å². The molecule has 0 saturated heterocycles. The molecule has 0 aromatic heterocycles. The topological polar surface area (TPSA) is 33.1 Å². The molecule has 18 heavy (non-hydrogen) atoms. The van der Waals surface area contributed by atoms with Gasteiger partial charge in [0.25, 0.3) is 0 Å². The average molecular weight is 249 g/mol. The molecule has 0 spiro atoms. The maximum atomic E-state index is 13.6. The van der Waals surface area contributed by atoms with Crippen molar-refractivity contribution in [3.63, 3.8) is 0 Å². The molecule has 2 nitrogen and oxygen atoms in total. The average Bonchev–Trinajstić information content (AvgIpc) is 3.10. The van der Waals surface area contributed by atoms with E-state index in [-0.39, 0.29) is 17.0 Å². The lowest BCUT2D eigenvalue weighted by atomic mass is 9.86. The third-order valence-electron chi connectivity index (χ3n) is 3.14. The predicted octanol–water partition coefficient (Wildman–Crippen LogP) is 4.03. The molecule has 0 atom stereocenters. The van der Waals surface area contributed by atoms with E-state index in [1.54, 1.807) is 12.1 Å². The van der Waals surface area contributed by atoms with Crippen LogP contribution >= 0.6 is 0 Å². The van der Waals surface area contributed by atoms with Crippen molar-refractivity contribution < 1.29 is 9.13 Å². The van der Waals surface area contributed by atoms with Gasteiger partial charge in [-0.15, -0.1) is 0 Å². The second-order valence-electron chi connectivity index (χ2n) is 6.02. The molecule has 0 bridgehead atoms. The van der Waals surface area contributed by atoms with Gasteiger partial charge in [0.2, 0.25) is 0 Å². The highest BCUT2D eigenvalue weighted by molar-refractivity contribution is 6.02. The Morgan fingerprint density at radius 1 is 1.39 bits per heavy atom. The zero-order valence-electron chi connectivity index (χ0n) is 11.2. The molecule has 1 saturated carbocycles. The number of ether oxygens (including phenoxy) is 1. The Morgan fingerprint density at radius 3 is 2.61 bits per heavy atom. The third kappa shape index (κ3) is 3.09. The van der Waals surface area contributed by atoms with Crippen LogP contribution in [0.3, 0.4) is 0 Å². The Labute approximate surface area is 108 Å². The number of hydrogen-bond acceptors (Lipinski definition) is 2. The zero-order chi connectivity index (χ0) is 13.3. The summed E-state index contributed by atoms with van der Waals surface area (Å²) >= 11 is 0. The Morgan fingerprint density at radius 2 is 2.06 bits per heavy atom. The monoisotopic (exact) mass is 249 g/mol. The van der Waals surface area contributed by atoms with Crippen LogP contribution in [0.2, 0.25) is 0 Å². The van der Waals surface area contributed by atoms with Gasteiger partial charge in [0, 0.05) is 11.1 Å². The van der Waals surface area contributed by atoms with Crippen molar-refractivity contribution in [1.29, 1.82) is 5.41 Å². The highest BCUT2D eigenvalue weighted by atomic mass is 19.1. The smallest absolute Gasteiger partial charge is 0.165 e. The van der Waals surface area contributed by atoms with Crippen LogP contribution in [0, 0.1) is 22.6 Å². The maximum absolute atomic E-state index is 13.6. The van der Waals surface area contributed by atoms with E-state index in [1.165, 1.54) is 18.9 Å². The highest BCUT2D eigenvalue weighted by Crippen LogP contribution is 2.31. The summed E-state index contributed by atoms with van der Waals surface area (Å²) in [6.45, 7) is 6.51. The van der Waals surface area contributed by atoms with Gasteiger partial charge in [-0.2, -0.15) is 0 Å². The second-order valence-corrected chi connectivity index (χ2v) is 6.02. The minimum absolute atomic E-state index is 0.244. The van der Waals surface area contributed by atoms with E-state index in [2.05, 4.69) is 0 Å². The van der Waals surface area contributed by atoms with Gasteiger partial charge in [0.1, 0.15) is 0 Å². The lowest BCUT2D eigenvalue weighted by Gasteiger charge is -2.20. The number of halogens is 1. The minimum atomic E-state index is -0.346. The molecule has 1 fully saturated rings. The van der Waals surface area contributed by atoms with Crippen molar-refractivity contribution in [2.24, 2.45) is 11.3 Å². The summed E-state index contributed by atoms with van der Waals surface area (Å²) in [4.78, 5) is 0. The lowest BCUT2D eigenvalue weighted by Crippen LogP contribution is -2.20. The van der Waals surface area contributed by atoms with Crippen molar-refractivity contribution in [1.82, 2.24) is 0 Å². The van der Waals surface area contributed by atoms with Crippen LogP contribution in [0.5, 0.6) is 5.75 Å². The highest BCUT2D eigenvalue weighted by Gasteiger charge is 2.23. The first kappa shape index (κ1) is 13.1. The summed E-state index contributed by atoms with van der Waals surface area (Å²) in [5.74, 6) is 0.518. The maximum Gasteiger partial charge on any atom is 0.165 e. The van der Waals surface area contributed by atoms with Crippen LogP contribution < -0.4 is 4.74 Å². The Kier molecular flexibility index (Phi) is 3.42. The standard InChI is InChI=1S/C15H20FNO/c1-15(2,3)14(17)11-6-7-12(16)13(8-11)18-9-10-4-5-10/h6-8,10,17H,4-5,9H2,1-3H3. The fraction of sp³-hybridized carbons (Fsp3) is 0.533. The first-order valence-corrected chi connectivity index (χ1v) is 6.39. The van der Waals surface area contributed by atoms with E-state index in [9.17, 15) is 4.39 Å². The fourth-order valence-corrected chi connectivity index (χ4v) is 1.69. The lowest BCUT2D eigenvalue weighted by molar-refractivity contribution is 0.285. The van der Waals surface area contributed by atoms with Crippen LogP contribution in [-0.4, -0.2) is 12.3 Å². The molecule has 0 aliphatic heterocycles. The molecule has 98 valence electrons. The van der Waals surface area contributed by atoms with E-state index in [4.69, 9.17) is 10.1 Å². The van der Waals surface area contributed by atoms with Gasteiger partial charge in [-0.3, -0.25) is 0 Å². The molecule has 0 radical (unpaired) electrons. The summed E-state index contributed by atoms with van der Waals surface area (Å²) in [6.07, 6.45) is 2.36. The van der Waals surface area contributed by atoms with Gasteiger partial charge < -0.3 is 10.1 Å². The molecule has 0 unspecified atom stereocenters. The van der Waals surface area contributed by atoms with Crippen LogP contribution in [0.1, 0.15) is 39.2 Å². The number of benzene rings is 1. The van der Waals surface area contributed by atoms with Gasteiger partial charge in [-0.05, 0) is 42.5 Å². The van der Waals surface area contributed by atoms with E-state index >= 15 is 0 Å². The molecule has 0 heterocycles. The van der Waals surface area contributed by atoms with E-state index in [1.807, 2.05) is 20.8 Å². The summed E-state index contributed by atoms with van der Waals surface area (Å²) in [5, 5.41) is 8.10. The molecular formula is C15H20FNO. The van der Waals surface area contributed by atoms with Gasteiger partial charge in [0.05, 0.1) is 6.61 Å². The van der Waals surface area contributed by atoms with Gasteiger partial charge in [-0.25, -0.2) is 4.39 Å². The Bertz CT molecular complexity index is 458. The normalized spacial score (nSPS) is 15.6. The van der Waals surface area contributed by atoms with Crippen LogP contribution in [0.25, 0.3) is 0 Å². The first-order valence-electron chi connectivity index (χ1n) is 6.39. The number of rotatable bonds is 4. The zero-order valence-corrected chi connectivity index (χ0v) is 11.2. The van der Waals surface area contributed by atoms with Crippen molar-refractivity contribution in [3.8, 4) is 5.75 Å². The Hall–Kier alpha value is -1.38. The summed E-state index contributed by atoms with van der Waals surface area (Å²) in [6, 6.07) is 4.68. The molecule has 1 aliphatic carbocycles. The quantitative estimate of drug-likeness (QED) is 0.803. The van der Waals surface area contributed by atoms with Crippen molar-refractivity contribution in [2.45, 2.75) is 33.6 Å². The Balaban J connectivity index is 2.16. The third-order valence-corrected chi connectivity index (χ3v) is 3.14. The largest absolute Gasteiger partial charge is 0.490 e. The van der Waals surface area contributed by atoms with Crippen LogP contribution in [-0.2, 0) is 0 Å². The van der Waals surface area contributed by atoms with Gasteiger partial charge in [-0.1, -0.05) is 20.8 Å². The minimum Gasteiger partial charge on any atom is -0.490 e. The summed E-state index contributed by atoms with van der Waals surface area (Å²) in [5.41, 5.74) is 0.986. The SMILES string of the molecule is CC(C)(C)C(=N)c1ccc(F)c(OCC2CC2)c1. The first-order chi connectivity index (χ1) is 8.38. The van der Waals surface area contributed by atoms with Crippen molar-refractivity contribution in [3.05, 3.63) is 29.6 Å². The molecule has 1 aliphatic rings. The molecular weight excluding hydrogens is 229 g/mol. The van der Waals surface area contributed by atoms with E-state index in [0.717, 1.165) is 5.56 Å². The fourth-order valence-electron chi connectivity index (χ4n) is 1.69. The molecule has 1 aromatic carbocycles. The second kappa shape index (κ2) is 4.71. The molecule has 3 heteroatoms. The number of nitrogens with one attached hydrogen (secondary N) is 1. The van der Waals surface area contributed by atoms with Gasteiger partial charge in [0.15, 0.2) is 11.6 Å². The van der Waals surface area contributed by atoms with Crippen LogP contribution in [0.15, 0.2) is 18.2 Å². The van der Waals surface area contributed by atoms with E-state index in [0.29, 0.717) is 18.2 Å².